The van der Waals surface area contributed by atoms with Gasteiger partial charge in [-0.05, 0) is 34.5 Å². The largest absolute Gasteiger partial charge is 0.361 e. The Morgan fingerprint density at radius 1 is 1.10 bits per heavy atom. The zero-order chi connectivity index (χ0) is 14.1. The molecule has 4 heteroatoms. The molecule has 1 atom stereocenters. The molecule has 0 spiro atoms. The molecule has 2 N–H and O–H groups in total. The topological polar surface area (TPSA) is 31.1 Å². The number of aromatic amines is 1. The summed E-state index contributed by atoms with van der Waals surface area (Å²) in [5.41, 5.74) is 2.61. The molecule has 21 heavy (non-hydrogen) atoms. The minimum Gasteiger partial charge on any atom is -0.361 e. The summed E-state index contributed by atoms with van der Waals surface area (Å²) >= 11 is 1.85. The lowest BCUT2D eigenvalue weighted by Crippen LogP contribution is -2.45. The van der Waals surface area contributed by atoms with Gasteiger partial charge in [0, 0.05) is 42.8 Å². The van der Waals surface area contributed by atoms with Gasteiger partial charge in [-0.3, -0.25) is 4.90 Å². The zero-order valence-electron chi connectivity index (χ0n) is 11.9. The van der Waals surface area contributed by atoms with E-state index in [1.165, 1.54) is 21.3 Å². The number of piperazine rings is 1. The summed E-state index contributed by atoms with van der Waals surface area (Å²) in [6.07, 6.45) is 2.01. The molecule has 3 heterocycles. The normalized spacial score (nSPS) is 18.1. The van der Waals surface area contributed by atoms with E-state index in [4.69, 9.17) is 0 Å². The van der Waals surface area contributed by atoms with Crippen LogP contribution in [0.4, 0.5) is 0 Å². The number of hydrogen-bond donors (Lipinski definition) is 2. The molecule has 3 nitrogen and oxygen atoms in total. The van der Waals surface area contributed by atoms with E-state index >= 15 is 0 Å². The second-order valence-electron chi connectivity index (χ2n) is 5.53. The molecule has 1 aliphatic rings. The van der Waals surface area contributed by atoms with Crippen LogP contribution in [0, 0.1) is 0 Å². The predicted molar refractivity (Wildman–Crippen MR) is 88.9 cm³/mol. The fraction of sp³-hybridized carbons (Fsp3) is 0.294. The zero-order valence-corrected chi connectivity index (χ0v) is 12.7. The lowest BCUT2D eigenvalue weighted by molar-refractivity contribution is 0.201. The molecule has 0 aliphatic carbocycles. The third-order valence-corrected chi connectivity index (χ3v) is 5.15. The van der Waals surface area contributed by atoms with Gasteiger partial charge in [-0.2, -0.15) is 0 Å². The number of H-pyrrole nitrogens is 1. The fourth-order valence-electron chi connectivity index (χ4n) is 3.18. The van der Waals surface area contributed by atoms with Crippen LogP contribution in [0.5, 0.6) is 0 Å². The maximum Gasteiger partial charge on any atom is 0.0697 e. The summed E-state index contributed by atoms with van der Waals surface area (Å²) in [6.45, 7) is 4.36. The molecule has 0 saturated carbocycles. The molecular weight excluding hydrogens is 278 g/mol. The first kappa shape index (κ1) is 13.1. The van der Waals surface area contributed by atoms with Gasteiger partial charge >= 0.3 is 0 Å². The SMILES string of the molecule is c1csc([C@H](c2ccc3cc[nH]c3c2)N2CCNCC2)c1. The predicted octanol–water partition coefficient (Wildman–Crippen LogP) is 3.22. The molecule has 1 fully saturated rings. The summed E-state index contributed by atoms with van der Waals surface area (Å²) in [5.74, 6) is 0. The average molecular weight is 297 g/mol. The van der Waals surface area contributed by atoms with Gasteiger partial charge in [-0.15, -0.1) is 11.3 Å². The van der Waals surface area contributed by atoms with Gasteiger partial charge in [-0.1, -0.05) is 18.2 Å². The van der Waals surface area contributed by atoms with Crippen LogP contribution < -0.4 is 5.32 Å². The van der Waals surface area contributed by atoms with Crippen molar-refractivity contribution in [1.29, 1.82) is 0 Å². The lowest BCUT2D eigenvalue weighted by atomic mass is 10.0. The molecule has 0 radical (unpaired) electrons. The van der Waals surface area contributed by atoms with E-state index in [0.717, 1.165) is 26.2 Å². The molecule has 0 amide bonds. The number of rotatable bonds is 3. The average Bonchev–Trinajstić information content (AvgIpc) is 3.19. The molecule has 3 aromatic rings. The van der Waals surface area contributed by atoms with E-state index in [9.17, 15) is 0 Å². The molecule has 2 aromatic heterocycles. The summed E-state index contributed by atoms with van der Waals surface area (Å²) in [5, 5.41) is 6.91. The van der Waals surface area contributed by atoms with Gasteiger partial charge in [-0.25, -0.2) is 0 Å². The van der Waals surface area contributed by atoms with E-state index in [2.05, 4.69) is 57.0 Å². The number of benzene rings is 1. The number of aromatic nitrogens is 1. The van der Waals surface area contributed by atoms with Crippen molar-refractivity contribution >= 4 is 22.2 Å². The smallest absolute Gasteiger partial charge is 0.0697 e. The van der Waals surface area contributed by atoms with Crippen LogP contribution in [0.1, 0.15) is 16.5 Å². The van der Waals surface area contributed by atoms with Crippen molar-refractivity contribution in [3.63, 3.8) is 0 Å². The minimum absolute atomic E-state index is 0.375. The first-order valence-corrected chi connectivity index (χ1v) is 8.35. The monoisotopic (exact) mass is 297 g/mol. The highest BCUT2D eigenvalue weighted by atomic mass is 32.1. The van der Waals surface area contributed by atoms with Gasteiger partial charge in [0.05, 0.1) is 6.04 Å². The second-order valence-corrected chi connectivity index (χ2v) is 6.51. The Hall–Kier alpha value is -1.62. The van der Waals surface area contributed by atoms with Crippen LogP contribution in [-0.4, -0.2) is 36.1 Å². The van der Waals surface area contributed by atoms with Gasteiger partial charge in [0.2, 0.25) is 0 Å². The maximum atomic E-state index is 3.45. The molecular formula is C17H19N3S. The highest BCUT2D eigenvalue weighted by Gasteiger charge is 2.24. The third-order valence-electron chi connectivity index (χ3n) is 4.22. The third kappa shape index (κ3) is 2.50. The molecule has 0 unspecified atom stereocenters. The van der Waals surface area contributed by atoms with Crippen molar-refractivity contribution in [2.24, 2.45) is 0 Å². The summed E-state index contributed by atoms with van der Waals surface area (Å²) in [4.78, 5) is 7.36. The Labute approximate surface area is 128 Å². The van der Waals surface area contributed by atoms with E-state index in [0.29, 0.717) is 6.04 Å². The first-order valence-electron chi connectivity index (χ1n) is 7.47. The number of nitrogens with zero attached hydrogens (tertiary/aromatic N) is 1. The molecule has 4 rings (SSSR count). The minimum atomic E-state index is 0.375. The number of fused-ring (bicyclic) bond motifs is 1. The van der Waals surface area contributed by atoms with Gasteiger partial charge in [0.1, 0.15) is 0 Å². The number of hydrogen-bond acceptors (Lipinski definition) is 3. The van der Waals surface area contributed by atoms with Crippen molar-refractivity contribution in [3.05, 3.63) is 58.4 Å². The van der Waals surface area contributed by atoms with Crippen molar-refractivity contribution in [2.45, 2.75) is 6.04 Å². The Kier molecular flexibility index (Phi) is 3.51. The molecule has 108 valence electrons. The highest BCUT2D eigenvalue weighted by molar-refractivity contribution is 7.10. The van der Waals surface area contributed by atoms with Gasteiger partial charge in [0.25, 0.3) is 0 Å². The van der Waals surface area contributed by atoms with E-state index in [-0.39, 0.29) is 0 Å². The Morgan fingerprint density at radius 3 is 2.81 bits per heavy atom. The van der Waals surface area contributed by atoms with Crippen LogP contribution in [0.25, 0.3) is 10.9 Å². The molecule has 0 bridgehead atoms. The molecule has 1 aliphatic heterocycles. The van der Waals surface area contributed by atoms with E-state index < -0.39 is 0 Å². The van der Waals surface area contributed by atoms with Crippen LogP contribution >= 0.6 is 11.3 Å². The highest BCUT2D eigenvalue weighted by Crippen LogP contribution is 2.33. The van der Waals surface area contributed by atoms with Crippen molar-refractivity contribution in [3.8, 4) is 0 Å². The summed E-state index contributed by atoms with van der Waals surface area (Å²) in [6, 6.07) is 13.7. The van der Waals surface area contributed by atoms with Crippen molar-refractivity contribution in [2.75, 3.05) is 26.2 Å². The Bertz CT molecular complexity index is 711. The van der Waals surface area contributed by atoms with Crippen molar-refractivity contribution < 1.29 is 0 Å². The van der Waals surface area contributed by atoms with Crippen LogP contribution in [-0.2, 0) is 0 Å². The van der Waals surface area contributed by atoms with Crippen molar-refractivity contribution in [1.82, 2.24) is 15.2 Å². The lowest BCUT2D eigenvalue weighted by Gasteiger charge is -2.34. The van der Waals surface area contributed by atoms with Crippen LogP contribution in [0.2, 0.25) is 0 Å². The van der Waals surface area contributed by atoms with Crippen LogP contribution in [0.15, 0.2) is 48.0 Å². The quantitative estimate of drug-likeness (QED) is 0.778. The standard InChI is InChI=1S/C17H19N3S/c1-2-16(21-11-1)17(20-9-7-18-8-10-20)14-4-3-13-5-6-19-15(13)12-14/h1-6,11-12,17-19H,7-10H2/t17-/m0/s1. The van der Waals surface area contributed by atoms with Gasteiger partial charge < -0.3 is 10.3 Å². The summed E-state index contributed by atoms with van der Waals surface area (Å²) < 4.78 is 0. The van der Waals surface area contributed by atoms with E-state index in [1.807, 2.05) is 17.5 Å². The molecule has 1 aromatic carbocycles. The molecule has 1 saturated heterocycles. The number of nitrogens with one attached hydrogen (secondary N) is 2. The Morgan fingerprint density at radius 2 is 2.00 bits per heavy atom. The maximum absolute atomic E-state index is 3.45. The first-order chi connectivity index (χ1) is 10.4. The Balaban J connectivity index is 1.77. The number of thiophene rings is 1. The van der Waals surface area contributed by atoms with E-state index in [1.54, 1.807) is 0 Å². The summed E-state index contributed by atoms with van der Waals surface area (Å²) in [7, 11) is 0. The fourth-order valence-corrected chi connectivity index (χ4v) is 4.06. The second kappa shape index (κ2) is 5.64. The van der Waals surface area contributed by atoms with Crippen LogP contribution in [0.3, 0.4) is 0 Å². The van der Waals surface area contributed by atoms with Gasteiger partial charge in [0.15, 0.2) is 0 Å².